The molecule has 0 spiro atoms. The van der Waals surface area contributed by atoms with Gasteiger partial charge in [0.15, 0.2) is 0 Å². The van der Waals surface area contributed by atoms with Crippen molar-refractivity contribution in [3.8, 4) is 0 Å². The maximum Gasteiger partial charge on any atom is 0.0910 e. The fraction of sp³-hybridized carbons (Fsp3) is 0.926. The van der Waals surface area contributed by atoms with Gasteiger partial charge in [-0.15, -0.1) is 0 Å². The van der Waals surface area contributed by atoms with Crippen molar-refractivity contribution >= 4 is 0 Å². The molecule has 3 heteroatoms. The van der Waals surface area contributed by atoms with Gasteiger partial charge in [0.2, 0.25) is 0 Å². The quantitative estimate of drug-likeness (QED) is 0.519. The molecule has 0 aromatic rings. The summed E-state index contributed by atoms with van der Waals surface area (Å²) in [7, 11) is 0. The summed E-state index contributed by atoms with van der Waals surface area (Å²) >= 11 is 0. The van der Waals surface area contributed by atoms with Crippen LogP contribution < -0.4 is 0 Å². The SMILES string of the molecule is CC(C)CC[C@@H](O)[C@@](C)(O)[C@H]1CC[C@H]2[C@@H]3CC=C4C[C@@H](O)CC[C@]4(C)[C@H]3CC[C@]12C. The summed E-state index contributed by atoms with van der Waals surface area (Å²) in [5.41, 5.74) is 0.914. The summed E-state index contributed by atoms with van der Waals surface area (Å²) in [6.45, 7) is 11.2. The molecule has 30 heavy (non-hydrogen) atoms. The van der Waals surface area contributed by atoms with E-state index in [1.807, 2.05) is 6.92 Å². The first-order valence-corrected chi connectivity index (χ1v) is 12.8. The smallest absolute Gasteiger partial charge is 0.0910 e. The predicted molar refractivity (Wildman–Crippen MR) is 122 cm³/mol. The number of allylic oxidation sites excluding steroid dienone is 1. The molecular weight excluding hydrogens is 372 g/mol. The topological polar surface area (TPSA) is 60.7 Å². The molecule has 3 nitrogen and oxygen atoms in total. The third-order valence-corrected chi connectivity index (χ3v) is 10.5. The van der Waals surface area contributed by atoms with Gasteiger partial charge in [-0.3, -0.25) is 0 Å². The Labute approximate surface area is 184 Å². The van der Waals surface area contributed by atoms with Crippen molar-refractivity contribution in [2.45, 2.75) is 117 Å². The van der Waals surface area contributed by atoms with Crippen LogP contribution in [0.15, 0.2) is 11.6 Å². The van der Waals surface area contributed by atoms with Gasteiger partial charge in [0.1, 0.15) is 0 Å². The molecule has 3 fully saturated rings. The van der Waals surface area contributed by atoms with Crippen LogP contribution in [0.25, 0.3) is 0 Å². The van der Waals surface area contributed by atoms with Crippen molar-refractivity contribution in [1.29, 1.82) is 0 Å². The first kappa shape index (κ1) is 22.8. The highest BCUT2D eigenvalue weighted by Crippen LogP contribution is 2.67. The maximum absolute atomic E-state index is 11.6. The number of aliphatic hydroxyl groups excluding tert-OH is 2. The minimum Gasteiger partial charge on any atom is -0.393 e. The Morgan fingerprint density at radius 2 is 1.80 bits per heavy atom. The molecule has 0 aliphatic heterocycles. The Hall–Kier alpha value is -0.380. The van der Waals surface area contributed by atoms with E-state index in [0.717, 1.165) is 44.4 Å². The molecule has 4 aliphatic carbocycles. The lowest BCUT2D eigenvalue weighted by atomic mass is 9.46. The average molecular weight is 419 g/mol. The molecule has 3 N–H and O–H groups in total. The van der Waals surface area contributed by atoms with E-state index in [0.29, 0.717) is 24.2 Å². The lowest BCUT2D eigenvalue weighted by Gasteiger charge is -2.59. The van der Waals surface area contributed by atoms with Gasteiger partial charge in [-0.25, -0.2) is 0 Å². The van der Waals surface area contributed by atoms with Crippen molar-refractivity contribution in [3.05, 3.63) is 11.6 Å². The van der Waals surface area contributed by atoms with Gasteiger partial charge in [-0.2, -0.15) is 0 Å². The molecule has 0 saturated heterocycles. The van der Waals surface area contributed by atoms with Crippen LogP contribution in [0.2, 0.25) is 0 Å². The molecule has 0 heterocycles. The summed E-state index contributed by atoms with van der Waals surface area (Å²) in [6, 6.07) is 0. The zero-order valence-electron chi connectivity index (χ0n) is 20.0. The highest BCUT2D eigenvalue weighted by molar-refractivity contribution is 5.25. The molecule has 3 saturated carbocycles. The van der Waals surface area contributed by atoms with Crippen LogP contribution in [-0.4, -0.2) is 33.1 Å². The number of aliphatic hydroxyl groups is 3. The lowest BCUT2D eigenvalue weighted by molar-refractivity contribution is -0.151. The summed E-state index contributed by atoms with van der Waals surface area (Å²) in [6.07, 6.45) is 12.1. The van der Waals surface area contributed by atoms with Crippen molar-refractivity contribution < 1.29 is 15.3 Å². The normalized spacial score (nSPS) is 46.4. The predicted octanol–water partition coefficient (Wildman–Crippen LogP) is 5.47. The first-order chi connectivity index (χ1) is 14.0. The lowest BCUT2D eigenvalue weighted by Crippen LogP contribution is -2.55. The highest BCUT2D eigenvalue weighted by atomic mass is 16.3. The zero-order valence-corrected chi connectivity index (χ0v) is 20.0. The Morgan fingerprint density at radius 3 is 2.50 bits per heavy atom. The molecule has 4 rings (SSSR count). The van der Waals surface area contributed by atoms with Gasteiger partial charge in [-0.1, -0.05) is 39.3 Å². The summed E-state index contributed by atoms with van der Waals surface area (Å²) in [4.78, 5) is 0. The average Bonchev–Trinajstić information content (AvgIpc) is 3.04. The van der Waals surface area contributed by atoms with E-state index in [-0.39, 0.29) is 22.9 Å². The van der Waals surface area contributed by atoms with Crippen LogP contribution in [0.4, 0.5) is 0 Å². The molecular formula is C27H46O3. The third-order valence-electron chi connectivity index (χ3n) is 10.5. The minimum atomic E-state index is -1.00. The summed E-state index contributed by atoms with van der Waals surface area (Å²) < 4.78 is 0. The molecule has 0 aromatic carbocycles. The fourth-order valence-electron chi connectivity index (χ4n) is 8.62. The van der Waals surface area contributed by atoms with Crippen LogP contribution in [-0.2, 0) is 0 Å². The van der Waals surface area contributed by atoms with Gasteiger partial charge in [0, 0.05) is 0 Å². The molecule has 0 aromatic heterocycles. The van der Waals surface area contributed by atoms with Crippen molar-refractivity contribution in [2.75, 3.05) is 0 Å². The molecule has 0 bridgehead atoms. The van der Waals surface area contributed by atoms with Gasteiger partial charge >= 0.3 is 0 Å². The molecule has 4 aliphatic rings. The molecule has 0 unspecified atom stereocenters. The van der Waals surface area contributed by atoms with Gasteiger partial charge < -0.3 is 15.3 Å². The monoisotopic (exact) mass is 418 g/mol. The Morgan fingerprint density at radius 1 is 1.07 bits per heavy atom. The first-order valence-electron chi connectivity index (χ1n) is 12.8. The van der Waals surface area contributed by atoms with Crippen molar-refractivity contribution in [1.82, 2.24) is 0 Å². The zero-order chi connectivity index (χ0) is 21.9. The second-order valence-corrected chi connectivity index (χ2v) is 12.5. The van der Waals surface area contributed by atoms with E-state index < -0.39 is 11.7 Å². The van der Waals surface area contributed by atoms with Crippen LogP contribution in [0.5, 0.6) is 0 Å². The van der Waals surface area contributed by atoms with E-state index in [4.69, 9.17) is 0 Å². The van der Waals surface area contributed by atoms with Crippen molar-refractivity contribution in [2.24, 2.45) is 40.4 Å². The van der Waals surface area contributed by atoms with Gasteiger partial charge in [-0.05, 0) is 112 Å². The van der Waals surface area contributed by atoms with E-state index in [2.05, 4.69) is 33.8 Å². The second kappa shape index (κ2) is 7.89. The van der Waals surface area contributed by atoms with Crippen molar-refractivity contribution in [3.63, 3.8) is 0 Å². The van der Waals surface area contributed by atoms with E-state index >= 15 is 0 Å². The Kier molecular flexibility index (Phi) is 5.99. The minimum absolute atomic E-state index is 0.124. The number of hydrogen-bond acceptors (Lipinski definition) is 3. The Balaban J connectivity index is 1.55. The van der Waals surface area contributed by atoms with Gasteiger partial charge in [0.25, 0.3) is 0 Å². The Bertz CT molecular complexity index is 667. The second-order valence-electron chi connectivity index (χ2n) is 12.5. The maximum atomic E-state index is 11.6. The summed E-state index contributed by atoms with van der Waals surface area (Å²) in [5.74, 6) is 2.80. The molecule has 9 atom stereocenters. The number of hydrogen-bond donors (Lipinski definition) is 3. The van der Waals surface area contributed by atoms with E-state index in [1.165, 1.54) is 24.8 Å². The van der Waals surface area contributed by atoms with E-state index in [9.17, 15) is 15.3 Å². The third kappa shape index (κ3) is 3.52. The standard InChI is InChI=1S/C27H46O3/c1-17(2)6-11-24(29)27(5,30)23-10-9-21-20-8-7-18-16-19(28)12-14-25(18,3)22(20)13-15-26(21,23)4/h7,17,19-24,28-30H,6,8-16H2,1-5H3/t19-,20-,21-,22-,23-,24+,25-,26-,27-/m0/s1. The molecule has 0 radical (unpaired) electrons. The fourth-order valence-corrected chi connectivity index (χ4v) is 8.62. The number of fused-ring (bicyclic) bond motifs is 5. The summed E-state index contributed by atoms with van der Waals surface area (Å²) in [5, 5.41) is 32.7. The molecule has 0 amide bonds. The highest BCUT2D eigenvalue weighted by Gasteiger charge is 2.62. The van der Waals surface area contributed by atoms with Crippen LogP contribution in [0.3, 0.4) is 0 Å². The number of rotatable bonds is 5. The van der Waals surface area contributed by atoms with Crippen LogP contribution in [0, 0.1) is 40.4 Å². The molecule has 172 valence electrons. The van der Waals surface area contributed by atoms with E-state index in [1.54, 1.807) is 0 Å². The van der Waals surface area contributed by atoms with Crippen LogP contribution >= 0.6 is 0 Å². The van der Waals surface area contributed by atoms with Crippen LogP contribution in [0.1, 0.15) is 98.8 Å². The largest absolute Gasteiger partial charge is 0.393 e. The van der Waals surface area contributed by atoms with Gasteiger partial charge in [0.05, 0.1) is 17.8 Å².